The van der Waals surface area contributed by atoms with E-state index in [-0.39, 0.29) is 4.90 Å². The molecule has 280 valence electrons. The summed E-state index contributed by atoms with van der Waals surface area (Å²) in [5.41, 5.74) is 7.84. The summed E-state index contributed by atoms with van der Waals surface area (Å²) in [6.45, 7) is 15.6. The number of aryl methyl sites for hydroxylation is 8. The standard InChI is InChI=1S/C20H26O2S.C11H16.C9H11ClO2S.Al.3ClH/c1-5-6-7-8-18-9-11-19(12-10-18)23(21,22)20-16(3)13-15(2)14-17(20)4;1-2-3-5-8-11-9-6-4-7-10-11;1-6-4-7(2)9(8(3)5-6)13(10,11)12;;;;/h9-14H,5-8H2,1-4H3;4,6-7,9-10H,2-3,5,8H2,1H3;4-5H,1-3H3;;3*1H/q;;;+3;;;/p-3. The Balaban J connectivity index is 0.000000392. The normalized spacial score (nSPS) is 10.9. The van der Waals surface area contributed by atoms with Crippen LogP contribution in [0.25, 0.3) is 0 Å². The molecular weight excluding hydrogens is 777 g/mol. The Morgan fingerprint density at radius 1 is 0.529 bits per heavy atom. The van der Waals surface area contributed by atoms with E-state index in [1.165, 1.54) is 49.7 Å². The zero-order chi connectivity index (χ0) is 38.8. The second-order valence-corrected chi connectivity index (χ2v) is 23.5. The first-order valence-corrected chi connectivity index (χ1v) is 26.3. The molecule has 0 fully saturated rings. The lowest BCUT2D eigenvalue weighted by Crippen LogP contribution is -2.07. The Bertz CT molecular complexity index is 1800. The van der Waals surface area contributed by atoms with Crippen molar-refractivity contribution >= 4 is 71.1 Å². The van der Waals surface area contributed by atoms with Crippen LogP contribution in [0.5, 0.6) is 0 Å². The fourth-order valence-corrected chi connectivity index (χ4v) is 9.21. The Kier molecular flexibility index (Phi) is 22.3. The molecule has 0 N–H and O–H groups in total. The van der Waals surface area contributed by atoms with E-state index in [0.717, 1.165) is 35.1 Å². The van der Waals surface area contributed by atoms with Gasteiger partial charge in [0.1, 0.15) is 0 Å². The second kappa shape index (κ2) is 24.0. The highest BCUT2D eigenvalue weighted by Crippen LogP contribution is 2.29. The van der Waals surface area contributed by atoms with Crippen LogP contribution in [0.4, 0.5) is 0 Å². The fourth-order valence-electron chi connectivity index (χ4n) is 5.90. The van der Waals surface area contributed by atoms with Crippen molar-refractivity contribution < 1.29 is 16.8 Å². The summed E-state index contributed by atoms with van der Waals surface area (Å²) in [5.74, 6) is 0. The van der Waals surface area contributed by atoms with E-state index in [1.807, 2.05) is 64.1 Å². The van der Waals surface area contributed by atoms with Crippen LogP contribution in [-0.2, 0) is 31.7 Å². The zero-order valence-electron chi connectivity index (χ0n) is 31.2. The van der Waals surface area contributed by atoms with E-state index >= 15 is 0 Å². The van der Waals surface area contributed by atoms with Gasteiger partial charge in [0.25, 0.3) is 9.05 Å². The van der Waals surface area contributed by atoms with Gasteiger partial charge in [-0.05, 0) is 113 Å². The van der Waals surface area contributed by atoms with Crippen molar-refractivity contribution in [2.45, 2.75) is 121 Å². The lowest BCUT2D eigenvalue weighted by Gasteiger charge is -2.13. The van der Waals surface area contributed by atoms with Crippen molar-refractivity contribution in [3.63, 3.8) is 0 Å². The lowest BCUT2D eigenvalue weighted by atomic mass is 10.1. The molecule has 0 radical (unpaired) electrons. The third-order valence-corrected chi connectivity index (χ3v) is 11.6. The maximum Gasteiger partial charge on any atom is 0.643 e. The Morgan fingerprint density at radius 2 is 0.882 bits per heavy atom. The summed E-state index contributed by atoms with van der Waals surface area (Å²) in [4.78, 5) is 1.06. The first-order chi connectivity index (χ1) is 23.8. The number of halogens is 4. The van der Waals surface area contributed by atoms with Crippen LogP contribution in [0.1, 0.15) is 96.9 Å². The molecule has 0 saturated carbocycles. The zero-order valence-corrected chi connectivity index (χ0v) is 37.0. The molecule has 4 nitrogen and oxygen atoms in total. The highest BCUT2D eigenvalue weighted by Gasteiger charge is 2.22. The molecule has 4 aromatic rings. The van der Waals surface area contributed by atoms with E-state index in [2.05, 4.69) is 44.2 Å². The minimum Gasteiger partial charge on any atom is -0.218 e. The van der Waals surface area contributed by atoms with Crippen LogP contribution in [0.3, 0.4) is 0 Å². The Morgan fingerprint density at radius 3 is 1.24 bits per heavy atom. The third-order valence-electron chi connectivity index (χ3n) is 7.94. The van der Waals surface area contributed by atoms with Crippen LogP contribution in [-0.4, -0.2) is 28.2 Å². The SMILES string of the molecule is CCCCCc1ccc(S(=O)(=O)c2c(C)cc(C)cc2C)cc1.CCCCCc1ccccc1.Cc1cc(C)c(S(=O)(=O)Cl)c(C)c1.[Cl][Al]([Cl])[Cl]. The van der Waals surface area contributed by atoms with Crippen molar-refractivity contribution in [1.82, 2.24) is 0 Å². The van der Waals surface area contributed by atoms with E-state index < -0.39 is 30.3 Å². The van der Waals surface area contributed by atoms with Crippen LogP contribution < -0.4 is 0 Å². The molecule has 4 rings (SSSR count). The smallest absolute Gasteiger partial charge is 0.218 e. The number of unbranched alkanes of at least 4 members (excludes halogenated alkanes) is 4. The van der Waals surface area contributed by atoms with Crippen LogP contribution in [0.2, 0.25) is 0 Å². The summed E-state index contributed by atoms with van der Waals surface area (Å²) in [5, 5.41) is 0. The monoisotopic (exact) mass is 828 g/mol. The fraction of sp³-hybridized carbons (Fsp3) is 0.400. The van der Waals surface area contributed by atoms with Gasteiger partial charge >= 0.3 is 11.4 Å². The molecule has 0 amide bonds. The highest BCUT2D eigenvalue weighted by atomic mass is 35.8. The van der Waals surface area contributed by atoms with Crippen molar-refractivity contribution in [3.05, 3.63) is 123 Å². The molecular formula is C40H53AlCl4O4S2. The third kappa shape index (κ3) is 17.9. The molecule has 11 heteroatoms. The first-order valence-electron chi connectivity index (χ1n) is 17.3. The van der Waals surface area contributed by atoms with Gasteiger partial charge in [-0.3, -0.25) is 0 Å². The molecule has 0 heterocycles. The summed E-state index contributed by atoms with van der Waals surface area (Å²) < 4.78 is 48.2. The Hall–Kier alpha value is -1.53. The van der Waals surface area contributed by atoms with Gasteiger partial charge < -0.3 is 0 Å². The molecule has 51 heavy (non-hydrogen) atoms. The minimum atomic E-state index is -3.61. The van der Waals surface area contributed by atoms with Crippen LogP contribution in [0.15, 0.2) is 93.5 Å². The van der Waals surface area contributed by atoms with Crippen LogP contribution in [0, 0.1) is 41.5 Å². The van der Waals surface area contributed by atoms with Crippen LogP contribution >= 0.6 is 40.8 Å². The van der Waals surface area contributed by atoms with Gasteiger partial charge in [0.15, 0.2) is 0 Å². The van der Waals surface area contributed by atoms with Gasteiger partial charge in [-0.1, -0.05) is 117 Å². The molecule has 4 aromatic carbocycles. The van der Waals surface area contributed by atoms with Crippen molar-refractivity contribution in [2.75, 3.05) is 0 Å². The quantitative estimate of drug-likeness (QED) is 0.0858. The number of hydrogen-bond acceptors (Lipinski definition) is 4. The number of rotatable bonds is 11. The summed E-state index contributed by atoms with van der Waals surface area (Å²) in [6, 6.07) is 25.6. The van der Waals surface area contributed by atoms with E-state index in [9.17, 15) is 16.8 Å². The number of sulfone groups is 1. The van der Waals surface area contributed by atoms with Gasteiger partial charge in [0.05, 0.1) is 14.7 Å². The second-order valence-electron chi connectivity index (χ2n) is 12.7. The maximum absolute atomic E-state index is 13.0. The van der Waals surface area contributed by atoms with Gasteiger partial charge in [0, 0.05) is 10.7 Å². The van der Waals surface area contributed by atoms with Crippen molar-refractivity contribution in [2.24, 2.45) is 0 Å². The molecule has 0 aromatic heterocycles. The van der Waals surface area contributed by atoms with E-state index in [1.54, 1.807) is 26.0 Å². The van der Waals surface area contributed by atoms with Crippen molar-refractivity contribution in [1.29, 1.82) is 0 Å². The topological polar surface area (TPSA) is 68.3 Å². The Labute approximate surface area is 330 Å². The molecule has 0 spiro atoms. The maximum atomic E-state index is 13.0. The highest BCUT2D eigenvalue weighted by molar-refractivity contribution is 8.13. The number of benzene rings is 4. The first kappa shape index (κ1) is 47.5. The molecule has 0 aliphatic carbocycles. The average molecular weight is 831 g/mol. The van der Waals surface area contributed by atoms with Gasteiger partial charge in [0.2, 0.25) is 9.84 Å². The average Bonchev–Trinajstić information content (AvgIpc) is 3.01. The molecule has 0 unspecified atom stereocenters. The number of hydrogen-bond donors (Lipinski definition) is 0. The molecule has 0 aliphatic heterocycles. The summed E-state index contributed by atoms with van der Waals surface area (Å²) >= 11 is -1.72. The molecule has 0 bridgehead atoms. The van der Waals surface area contributed by atoms with Gasteiger partial charge in [-0.25, -0.2) is 47.0 Å². The summed E-state index contributed by atoms with van der Waals surface area (Å²) in [6.07, 6.45) is 9.81. The predicted molar refractivity (Wildman–Crippen MR) is 222 cm³/mol. The minimum absolute atomic E-state index is 0.236. The van der Waals surface area contributed by atoms with E-state index in [0.29, 0.717) is 20.9 Å². The van der Waals surface area contributed by atoms with Gasteiger partial charge in [-0.15, -0.1) is 0 Å². The van der Waals surface area contributed by atoms with E-state index in [4.69, 9.17) is 40.8 Å². The molecule has 0 saturated heterocycles. The van der Waals surface area contributed by atoms with Gasteiger partial charge in [-0.2, -0.15) is 0 Å². The van der Waals surface area contributed by atoms with Crippen molar-refractivity contribution in [3.8, 4) is 0 Å². The summed E-state index contributed by atoms with van der Waals surface area (Å²) in [7, 11) is 13.1. The molecule has 0 atom stereocenters. The predicted octanol–water partition coefficient (Wildman–Crippen LogP) is 12.8. The largest absolute Gasteiger partial charge is 0.643 e. The molecule has 0 aliphatic rings. The lowest BCUT2D eigenvalue weighted by molar-refractivity contribution is 0.594.